The van der Waals surface area contributed by atoms with Gasteiger partial charge in [0.05, 0.1) is 6.61 Å². The highest BCUT2D eigenvalue weighted by atomic mass is 35.5. The molecule has 0 aromatic heterocycles. The highest BCUT2D eigenvalue weighted by Crippen LogP contribution is 2.12. The van der Waals surface area contributed by atoms with Gasteiger partial charge >= 0.3 is 5.97 Å². The molecule has 92 valence electrons. The second-order valence-corrected chi connectivity index (χ2v) is 3.83. The highest BCUT2D eigenvalue weighted by Gasteiger charge is 2.13. The predicted octanol–water partition coefficient (Wildman–Crippen LogP) is 2.67. The summed E-state index contributed by atoms with van der Waals surface area (Å²) in [7, 11) is 0. The Balaban J connectivity index is 2.57. The molecule has 0 unspecified atom stereocenters. The molecule has 0 radical (unpaired) electrons. The lowest BCUT2D eigenvalue weighted by molar-refractivity contribution is -0.135. The zero-order valence-electron chi connectivity index (χ0n) is 9.52. The van der Waals surface area contributed by atoms with Crippen LogP contribution in [0.1, 0.15) is 18.9 Å². The van der Waals surface area contributed by atoms with Crippen molar-refractivity contribution in [2.24, 2.45) is 5.16 Å². The van der Waals surface area contributed by atoms with Crippen LogP contribution in [-0.2, 0) is 16.0 Å². The molecular formula is C12H14ClNO3. The van der Waals surface area contributed by atoms with E-state index in [4.69, 9.17) is 21.5 Å². The molecule has 0 spiro atoms. The van der Waals surface area contributed by atoms with Crippen LogP contribution in [0.25, 0.3) is 0 Å². The maximum Gasteiger partial charge on any atom is 0.356 e. The van der Waals surface area contributed by atoms with Crippen molar-refractivity contribution in [2.75, 3.05) is 6.61 Å². The van der Waals surface area contributed by atoms with Gasteiger partial charge in [0, 0.05) is 11.4 Å². The van der Waals surface area contributed by atoms with Gasteiger partial charge in [-0.3, -0.25) is 0 Å². The summed E-state index contributed by atoms with van der Waals surface area (Å²) in [6.45, 7) is 1.96. The van der Waals surface area contributed by atoms with Crippen molar-refractivity contribution < 1.29 is 14.7 Å². The van der Waals surface area contributed by atoms with Crippen LogP contribution < -0.4 is 0 Å². The van der Waals surface area contributed by atoms with E-state index in [1.807, 2.05) is 18.2 Å². The first-order valence-electron chi connectivity index (χ1n) is 5.30. The van der Waals surface area contributed by atoms with Crippen LogP contribution in [0.3, 0.4) is 0 Å². The number of aryl methyl sites for hydroxylation is 1. The first-order chi connectivity index (χ1) is 8.17. The van der Waals surface area contributed by atoms with Gasteiger partial charge in [-0.2, -0.15) is 0 Å². The predicted molar refractivity (Wildman–Crippen MR) is 65.6 cm³/mol. The Hall–Kier alpha value is -1.55. The normalized spacial score (nSPS) is 11.3. The van der Waals surface area contributed by atoms with E-state index in [2.05, 4.69) is 5.16 Å². The summed E-state index contributed by atoms with van der Waals surface area (Å²) in [5.74, 6) is -0.586. The molecule has 0 saturated heterocycles. The molecule has 0 fully saturated rings. The van der Waals surface area contributed by atoms with Gasteiger partial charge in [0.15, 0.2) is 5.71 Å². The zero-order chi connectivity index (χ0) is 12.7. The van der Waals surface area contributed by atoms with Gasteiger partial charge < -0.3 is 9.94 Å². The molecule has 0 saturated carbocycles. The Labute approximate surface area is 105 Å². The number of hydrogen-bond acceptors (Lipinski definition) is 4. The van der Waals surface area contributed by atoms with E-state index >= 15 is 0 Å². The van der Waals surface area contributed by atoms with Crippen LogP contribution in [0.2, 0.25) is 5.02 Å². The highest BCUT2D eigenvalue weighted by molar-refractivity contribution is 6.36. The number of ether oxygens (including phenoxy) is 1. The van der Waals surface area contributed by atoms with Gasteiger partial charge in [0.2, 0.25) is 0 Å². The van der Waals surface area contributed by atoms with Gasteiger partial charge in [-0.1, -0.05) is 28.9 Å². The fraction of sp³-hybridized carbons (Fsp3) is 0.333. The molecule has 4 nitrogen and oxygen atoms in total. The Morgan fingerprint density at radius 2 is 2.29 bits per heavy atom. The van der Waals surface area contributed by atoms with Gasteiger partial charge in [-0.15, -0.1) is 0 Å². The average Bonchev–Trinajstić information content (AvgIpc) is 2.30. The molecule has 0 aliphatic rings. The maximum atomic E-state index is 11.3. The fourth-order valence-corrected chi connectivity index (χ4v) is 1.58. The van der Waals surface area contributed by atoms with E-state index in [1.165, 1.54) is 0 Å². The quantitative estimate of drug-likeness (QED) is 0.381. The lowest BCUT2D eigenvalue weighted by atomic mass is 10.1. The third kappa shape index (κ3) is 4.44. The minimum atomic E-state index is -0.586. The summed E-state index contributed by atoms with van der Waals surface area (Å²) in [6, 6.07) is 7.31. The van der Waals surface area contributed by atoms with Crippen molar-refractivity contribution >= 4 is 23.3 Å². The Bertz CT molecular complexity index is 418. The van der Waals surface area contributed by atoms with Gasteiger partial charge in [0.1, 0.15) is 0 Å². The zero-order valence-corrected chi connectivity index (χ0v) is 10.3. The Morgan fingerprint density at radius 3 is 2.88 bits per heavy atom. The van der Waals surface area contributed by atoms with Crippen molar-refractivity contribution in [2.45, 2.75) is 19.8 Å². The second kappa shape index (κ2) is 6.91. The molecule has 0 aliphatic carbocycles. The van der Waals surface area contributed by atoms with Gasteiger partial charge in [0.25, 0.3) is 0 Å². The smallest absolute Gasteiger partial charge is 0.356 e. The first kappa shape index (κ1) is 13.5. The number of carbonyl (C=O) groups excluding carboxylic acids is 1. The molecule has 0 bridgehead atoms. The van der Waals surface area contributed by atoms with E-state index in [1.54, 1.807) is 13.0 Å². The topological polar surface area (TPSA) is 58.9 Å². The van der Waals surface area contributed by atoms with Crippen molar-refractivity contribution in [3.8, 4) is 0 Å². The van der Waals surface area contributed by atoms with Crippen molar-refractivity contribution in [3.05, 3.63) is 34.9 Å². The number of nitrogens with zero attached hydrogens (tertiary/aromatic N) is 1. The number of esters is 1. The number of carbonyl (C=O) groups is 1. The molecule has 1 aromatic rings. The standard InChI is InChI=1S/C12H14ClNO3/c1-2-17-12(15)11(14-16)7-6-9-4-3-5-10(13)8-9/h3-5,8,16H,2,6-7H2,1H3/b14-11-. The minimum Gasteiger partial charge on any atom is -0.461 e. The van der Waals surface area contributed by atoms with E-state index in [9.17, 15) is 4.79 Å². The van der Waals surface area contributed by atoms with E-state index in [0.717, 1.165) is 5.56 Å². The second-order valence-electron chi connectivity index (χ2n) is 3.40. The summed E-state index contributed by atoms with van der Waals surface area (Å²) in [5.41, 5.74) is 0.995. The number of halogens is 1. The monoisotopic (exact) mass is 255 g/mol. The number of oxime groups is 1. The van der Waals surface area contributed by atoms with Gasteiger partial charge in [-0.25, -0.2) is 4.79 Å². The van der Waals surface area contributed by atoms with E-state index in [-0.39, 0.29) is 12.3 Å². The molecule has 17 heavy (non-hydrogen) atoms. The van der Waals surface area contributed by atoms with Crippen LogP contribution in [0.5, 0.6) is 0 Å². The van der Waals surface area contributed by atoms with E-state index in [0.29, 0.717) is 17.9 Å². The molecule has 5 heteroatoms. The van der Waals surface area contributed by atoms with Crippen molar-refractivity contribution in [1.82, 2.24) is 0 Å². The fourth-order valence-electron chi connectivity index (χ4n) is 1.36. The third-order valence-electron chi connectivity index (χ3n) is 2.17. The molecule has 0 atom stereocenters. The number of hydrogen-bond donors (Lipinski definition) is 1. The summed E-state index contributed by atoms with van der Waals surface area (Å²) >= 11 is 5.84. The molecule has 1 N–H and O–H groups in total. The SMILES string of the molecule is CCOC(=O)/C(CCc1cccc(Cl)c1)=N\O. The van der Waals surface area contributed by atoms with Crippen LogP contribution in [0, 0.1) is 0 Å². The first-order valence-corrected chi connectivity index (χ1v) is 5.67. The molecule has 0 aliphatic heterocycles. The van der Waals surface area contributed by atoms with Gasteiger partial charge in [-0.05, 0) is 31.0 Å². The number of benzene rings is 1. The molecular weight excluding hydrogens is 242 g/mol. The van der Waals surface area contributed by atoms with Crippen molar-refractivity contribution in [3.63, 3.8) is 0 Å². The van der Waals surface area contributed by atoms with Crippen LogP contribution >= 0.6 is 11.6 Å². The Morgan fingerprint density at radius 1 is 1.53 bits per heavy atom. The summed E-state index contributed by atoms with van der Waals surface area (Å²) in [4.78, 5) is 11.3. The summed E-state index contributed by atoms with van der Waals surface area (Å²) in [5, 5.41) is 12.3. The third-order valence-corrected chi connectivity index (χ3v) is 2.41. The lowest BCUT2D eigenvalue weighted by Gasteiger charge is -2.04. The maximum absolute atomic E-state index is 11.3. The average molecular weight is 256 g/mol. The lowest BCUT2D eigenvalue weighted by Crippen LogP contribution is -2.18. The Kier molecular flexibility index (Phi) is 5.49. The summed E-state index contributed by atoms with van der Waals surface area (Å²) in [6.07, 6.45) is 0.883. The minimum absolute atomic E-state index is 0.0202. The van der Waals surface area contributed by atoms with E-state index < -0.39 is 5.97 Å². The molecule has 0 heterocycles. The molecule has 0 amide bonds. The largest absolute Gasteiger partial charge is 0.461 e. The van der Waals surface area contributed by atoms with Crippen LogP contribution in [0.15, 0.2) is 29.4 Å². The molecule has 1 aromatic carbocycles. The molecule has 1 rings (SSSR count). The van der Waals surface area contributed by atoms with Crippen LogP contribution in [-0.4, -0.2) is 23.5 Å². The van der Waals surface area contributed by atoms with Crippen molar-refractivity contribution in [1.29, 1.82) is 0 Å². The summed E-state index contributed by atoms with van der Waals surface area (Å²) < 4.78 is 4.75. The number of rotatable bonds is 5. The van der Waals surface area contributed by atoms with Crippen LogP contribution in [0.4, 0.5) is 0 Å².